The summed E-state index contributed by atoms with van der Waals surface area (Å²) < 4.78 is 0. The summed E-state index contributed by atoms with van der Waals surface area (Å²) in [4.78, 5) is 14.1. The van der Waals surface area contributed by atoms with Crippen LogP contribution in [0.5, 0.6) is 0 Å². The number of rotatable bonds is 5. The van der Waals surface area contributed by atoms with Crippen LogP contribution < -0.4 is 5.32 Å². The van der Waals surface area contributed by atoms with Gasteiger partial charge in [0.05, 0.1) is 12.6 Å². The number of amides is 1. The molecule has 1 heterocycles. The number of hydrogen-bond donors (Lipinski definition) is 2. The molecular weight excluding hydrogens is 288 g/mol. The van der Waals surface area contributed by atoms with Crippen molar-refractivity contribution in [3.05, 3.63) is 35.4 Å². The summed E-state index contributed by atoms with van der Waals surface area (Å²) in [6.07, 6.45) is 2.21. The van der Waals surface area contributed by atoms with Gasteiger partial charge in [-0.3, -0.25) is 9.69 Å². The smallest absolute Gasteiger partial charge is 0.234 e. The van der Waals surface area contributed by atoms with E-state index in [1.165, 1.54) is 11.1 Å². The Bertz CT molecular complexity index is 497. The molecule has 0 aliphatic carbocycles. The van der Waals surface area contributed by atoms with Crippen LogP contribution in [0.4, 0.5) is 0 Å². The number of carbonyl (C=O) groups is 1. The summed E-state index contributed by atoms with van der Waals surface area (Å²) in [6, 6.07) is 8.66. The molecule has 1 amide bonds. The number of benzene rings is 1. The van der Waals surface area contributed by atoms with Crippen molar-refractivity contribution in [3.63, 3.8) is 0 Å². The number of nitrogens with zero attached hydrogens (tertiary/aromatic N) is 1. The van der Waals surface area contributed by atoms with E-state index in [0.29, 0.717) is 13.1 Å². The van der Waals surface area contributed by atoms with Gasteiger partial charge in [-0.05, 0) is 35.8 Å². The molecule has 0 radical (unpaired) electrons. The summed E-state index contributed by atoms with van der Waals surface area (Å²) in [5.74, 6) is 0.0766. The Hall–Kier alpha value is -1.39. The molecule has 0 saturated carbocycles. The van der Waals surface area contributed by atoms with Gasteiger partial charge < -0.3 is 10.4 Å². The molecule has 1 fully saturated rings. The molecule has 23 heavy (non-hydrogen) atoms. The average molecular weight is 318 g/mol. The molecule has 0 bridgehead atoms. The molecule has 4 nitrogen and oxygen atoms in total. The minimum atomic E-state index is -0.189. The third-order valence-electron chi connectivity index (χ3n) is 4.48. The summed E-state index contributed by atoms with van der Waals surface area (Å²) in [6.45, 7) is 9.36. The minimum absolute atomic E-state index is 0.0766. The summed E-state index contributed by atoms with van der Waals surface area (Å²) in [7, 11) is 0. The zero-order valence-corrected chi connectivity index (χ0v) is 14.6. The Labute approximate surface area is 139 Å². The van der Waals surface area contributed by atoms with Gasteiger partial charge in [0.15, 0.2) is 0 Å². The van der Waals surface area contributed by atoms with Gasteiger partial charge in [-0.25, -0.2) is 0 Å². The van der Waals surface area contributed by atoms with Crippen LogP contribution in [0.1, 0.15) is 44.7 Å². The summed E-state index contributed by atoms with van der Waals surface area (Å²) in [5, 5.41) is 12.5. The summed E-state index contributed by atoms with van der Waals surface area (Å²) >= 11 is 0. The van der Waals surface area contributed by atoms with Crippen LogP contribution in [0.3, 0.4) is 0 Å². The Balaban J connectivity index is 1.69. The number of carbonyl (C=O) groups excluding carboxylic acids is 1. The predicted octanol–water partition coefficient (Wildman–Crippen LogP) is 2.10. The highest BCUT2D eigenvalue weighted by Gasteiger charge is 2.18. The monoisotopic (exact) mass is 318 g/mol. The van der Waals surface area contributed by atoms with Gasteiger partial charge in [-0.15, -0.1) is 0 Å². The van der Waals surface area contributed by atoms with E-state index in [9.17, 15) is 9.90 Å². The summed E-state index contributed by atoms with van der Waals surface area (Å²) in [5.41, 5.74) is 2.76. The van der Waals surface area contributed by atoms with Crippen molar-refractivity contribution in [2.24, 2.45) is 0 Å². The molecule has 4 heteroatoms. The first-order valence-corrected chi connectivity index (χ1v) is 8.61. The molecule has 1 aliphatic rings. The molecule has 1 saturated heterocycles. The average Bonchev–Trinajstić information content (AvgIpc) is 2.49. The van der Waals surface area contributed by atoms with Crippen molar-refractivity contribution in [1.82, 2.24) is 10.2 Å². The zero-order valence-electron chi connectivity index (χ0n) is 14.6. The maximum Gasteiger partial charge on any atom is 0.234 e. The van der Waals surface area contributed by atoms with Crippen LogP contribution in [-0.4, -0.2) is 48.2 Å². The highest BCUT2D eigenvalue weighted by atomic mass is 16.3. The van der Waals surface area contributed by atoms with Crippen LogP contribution in [0, 0.1) is 0 Å². The second-order valence-corrected chi connectivity index (χ2v) is 7.55. The largest absolute Gasteiger partial charge is 0.393 e. The van der Waals surface area contributed by atoms with E-state index in [-0.39, 0.29) is 17.4 Å². The molecule has 1 aromatic rings. The van der Waals surface area contributed by atoms with Gasteiger partial charge in [0.25, 0.3) is 0 Å². The van der Waals surface area contributed by atoms with E-state index in [0.717, 1.165) is 32.4 Å². The molecule has 0 unspecified atom stereocenters. The van der Waals surface area contributed by atoms with Gasteiger partial charge in [0, 0.05) is 19.6 Å². The first-order chi connectivity index (χ1) is 10.8. The van der Waals surface area contributed by atoms with Crippen molar-refractivity contribution in [2.45, 2.75) is 51.6 Å². The van der Waals surface area contributed by atoms with E-state index >= 15 is 0 Å². The lowest BCUT2D eigenvalue weighted by atomic mass is 9.86. The van der Waals surface area contributed by atoms with Gasteiger partial charge >= 0.3 is 0 Å². The van der Waals surface area contributed by atoms with Gasteiger partial charge in [-0.1, -0.05) is 45.0 Å². The molecular formula is C19H30N2O2. The number of piperidine rings is 1. The predicted molar refractivity (Wildman–Crippen MR) is 93.5 cm³/mol. The topological polar surface area (TPSA) is 52.6 Å². The van der Waals surface area contributed by atoms with Crippen LogP contribution >= 0.6 is 0 Å². The SMILES string of the molecule is CC(C)(C)c1ccc(CCNC(=O)CN2CCC(O)CC2)cc1. The highest BCUT2D eigenvalue weighted by Crippen LogP contribution is 2.22. The maximum absolute atomic E-state index is 12.0. The number of aliphatic hydroxyl groups is 1. The van der Waals surface area contributed by atoms with Gasteiger partial charge in [0.1, 0.15) is 0 Å². The fraction of sp³-hybridized carbons (Fsp3) is 0.632. The Kier molecular flexibility index (Phi) is 6.19. The first-order valence-electron chi connectivity index (χ1n) is 8.61. The lowest BCUT2D eigenvalue weighted by molar-refractivity contribution is -0.122. The number of hydrogen-bond acceptors (Lipinski definition) is 3. The Morgan fingerprint density at radius 3 is 2.39 bits per heavy atom. The fourth-order valence-electron chi connectivity index (χ4n) is 2.85. The molecule has 128 valence electrons. The van der Waals surface area contributed by atoms with Gasteiger partial charge in [-0.2, -0.15) is 0 Å². The molecule has 0 spiro atoms. The third kappa shape index (κ3) is 5.96. The number of aliphatic hydroxyl groups excluding tert-OH is 1. The Morgan fingerprint density at radius 1 is 1.22 bits per heavy atom. The minimum Gasteiger partial charge on any atom is -0.393 e. The lowest BCUT2D eigenvalue weighted by Crippen LogP contribution is -2.42. The Morgan fingerprint density at radius 2 is 1.83 bits per heavy atom. The molecule has 2 rings (SSSR count). The van der Waals surface area contributed by atoms with Crippen LogP contribution in [0.2, 0.25) is 0 Å². The van der Waals surface area contributed by atoms with E-state index in [2.05, 4.69) is 55.3 Å². The van der Waals surface area contributed by atoms with Crippen molar-refractivity contribution in [1.29, 1.82) is 0 Å². The van der Waals surface area contributed by atoms with E-state index in [4.69, 9.17) is 0 Å². The zero-order chi connectivity index (χ0) is 16.9. The highest BCUT2D eigenvalue weighted by molar-refractivity contribution is 5.78. The second-order valence-electron chi connectivity index (χ2n) is 7.55. The fourth-order valence-corrected chi connectivity index (χ4v) is 2.85. The van der Waals surface area contributed by atoms with E-state index in [1.807, 2.05) is 0 Å². The van der Waals surface area contributed by atoms with Crippen molar-refractivity contribution < 1.29 is 9.90 Å². The molecule has 1 aromatic carbocycles. The quantitative estimate of drug-likeness (QED) is 0.874. The van der Waals surface area contributed by atoms with Crippen molar-refractivity contribution >= 4 is 5.91 Å². The number of likely N-dealkylation sites (tertiary alicyclic amines) is 1. The lowest BCUT2D eigenvalue weighted by Gasteiger charge is -2.28. The van der Waals surface area contributed by atoms with Crippen molar-refractivity contribution in [3.8, 4) is 0 Å². The van der Waals surface area contributed by atoms with E-state index in [1.54, 1.807) is 0 Å². The molecule has 0 aromatic heterocycles. The normalized spacial score (nSPS) is 17.2. The second kappa shape index (κ2) is 7.93. The van der Waals surface area contributed by atoms with Crippen LogP contribution in [0.15, 0.2) is 24.3 Å². The molecule has 1 aliphatic heterocycles. The van der Waals surface area contributed by atoms with Crippen LogP contribution in [-0.2, 0) is 16.6 Å². The number of nitrogens with one attached hydrogen (secondary N) is 1. The first kappa shape index (κ1) is 18.0. The maximum atomic E-state index is 12.0. The molecule has 2 N–H and O–H groups in total. The van der Waals surface area contributed by atoms with Gasteiger partial charge in [0.2, 0.25) is 5.91 Å². The molecule has 0 atom stereocenters. The standard InChI is InChI=1S/C19H30N2O2/c1-19(2,3)16-6-4-15(5-7-16)8-11-20-18(23)14-21-12-9-17(22)10-13-21/h4-7,17,22H,8-14H2,1-3H3,(H,20,23). The van der Waals surface area contributed by atoms with E-state index < -0.39 is 0 Å². The third-order valence-corrected chi connectivity index (χ3v) is 4.48. The van der Waals surface area contributed by atoms with Crippen molar-refractivity contribution in [2.75, 3.05) is 26.2 Å². The van der Waals surface area contributed by atoms with Crippen LogP contribution in [0.25, 0.3) is 0 Å².